The number of rotatable bonds is 7. The molecule has 1 heterocycles. The molecular weight excluding hydrogens is 376 g/mol. The third-order valence-electron chi connectivity index (χ3n) is 4.90. The lowest BCUT2D eigenvalue weighted by molar-refractivity contribution is 0.0643. The first-order valence-electron chi connectivity index (χ1n) is 9.76. The van der Waals surface area contributed by atoms with Crippen molar-refractivity contribution in [1.29, 1.82) is 0 Å². The second kappa shape index (κ2) is 9.80. The van der Waals surface area contributed by atoms with Crippen LogP contribution in [-0.4, -0.2) is 55.0 Å². The zero-order valence-electron chi connectivity index (χ0n) is 16.5. The Balaban J connectivity index is 1.74. The van der Waals surface area contributed by atoms with Gasteiger partial charge in [0.05, 0.1) is 6.61 Å². The summed E-state index contributed by atoms with van der Waals surface area (Å²) in [7, 11) is 0. The van der Waals surface area contributed by atoms with Gasteiger partial charge in [0.15, 0.2) is 0 Å². The highest BCUT2D eigenvalue weighted by molar-refractivity contribution is 6.30. The van der Waals surface area contributed by atoms with E-state index in [-0.39, 0.29) is 5.91 Å². The van der Waals surface area contributed by atoms with Crippen molar-refractivity contribution in [3.63, 3.8) is 0 Å². The van der Waals surface area contributed by atoms with Crippen molar-refractivity contribution in [1.82, 2.24) is 9.80 Å². The zero-order chi connectivity index (χ0) is 19.9. The van der Waals surface area contributed by atoms with Gasteiger partial charge < -0.3 is 19.3 Å². The lowest BCUT2D eigenvalue weighted by atomic mass is 10.1. The molecule has 0 aromatic heterocycles. The van der Waals surface area contributed by atoms with Gasteiger partial charge in [0.25, 0.3) is 5.91 Å². The summed E-state index contributed by atoms with van der Waals surface area (Å²) in [6.45, 7) is 9.33. The number of piperazine rings is 1. The maximum Gasteiger partial charge on any atom is 0.253 e. The van der Waals surface area contributed by atoms with Crippen molar-refractivity contribution in [2.24, 2.45) is 0 Å². The molecule has 2 aromatic rings. The van der Waals surface area contributed by atoms with Crippen LogP contribution in [0.1, 0.15) is 29.8 Å². The van der Waals surface area contributed by atoms with Crippen LogP contribution in [0.5, 0.6) is 11.5 Å². The van der Waals surface area contributed by atoms with E-state index in [0.29, 0.717) is 29.5 Å². The van der Waals surface area contributed by atoms with Crippen LogP contribution in [0.2, 0.25) is 5.02 Å². The summed E-state index contributed by atoms with van der Waals surface area (Å²) in [5.74, 6) is 1.47. The fraction of sp³-hybridized carbons (Fsp3) is 0.409. The van der Waals surface area contributed by atoms with E-state index < -0.39 is 0 Å². The second-order valence-corrected chi connectivity index (χ2v) is 7.16. The van der Waals surface area contributed by atoms with Crippen LogP contribution in [0.3, 0.4) is 0 Å². The molecule has 150 valence electrons. The Morgan fingerprint density at radius 1 is 1.04 bits per heavy atom. The molecule has 28 heavy (non-hydrogen) atoms. The Hall–Kier alpha value is -2.24. The molecule has 0 saturated carbocycles. The van der Waals surface area contributed by atoms with Crippen LogP contribution in [0.25, 0.3) is 0 Å². The molecular formula is C22H27ClN2O3. The fourth-order valence-corrected chi connectivity index (χ4v) is 3.47. The maximum absolute atomic E-state index is 12.9. The molecule has 1 saturated heterocycles. The summed E-state index contributed by atoms with van der Waals surface area (Å²) in [5, 5.41) is 0.623. The molecule has 6 heteroatoms. The fourth-order valence-electron chi connectivity index (χ4n) is 3.29. The Kier molecular flexibility index (Phi) is 7.18. The number of hydrogen-bond donors (Lipinski definition) is 0. The van der Waals surface area contributed by atoms with Gasteiger partial charge in [0, 0.05) is 42.3 Å². The molecule has 2 aromatic carbocycles. The third-order valence-corrected chi connectivity index (χ3v) is 5.14. The van der Waals surface area contributed by atoms with Crippen molar-refractivity contribution >= 4 is 17.5 Å². The quantitative estimate of drug-likeness (QED) is 0.699. The van der Waals surface area contributed by atoms with Crippen LogP contribution in [-0.2, 0) is 6.61 Å². The number of hydrogen-bond acceptors (Lipinski definition) is 4. The predicted octanol–water partition coefficient (Wildman–Crippen LogP) is 4.10. The van der Waals surface area contributed by atoms with Crippen LogP contribution >= 0.6 is 11.6 Å². The Labute approximate surface area is 171 Å². The van der Waals surface area contributed by atoms with Gasteiger partial charge in [0.2, 0.25) is 0 Å². The number of ether oxygens (including phenoxy) is 2. The number of halogens is 1. The minimum Gasteiger partial charge on any atom is -0.493 e. The van der Waals surface area contributed by atoms with Crippen LogP contribution < -0.4 is 9.47 Å². The molecule has 3 rings (SSSR count). The largest absolute Gasteiger partial charge is 0.493 e. The smallest absolute Gasteiger partial charge is 0.253 e. The minimum absolute atomic E-state index is 0.0582. The molecule has 1 aliphatic heterocycles. The van der Waals surface area contributed by atoms with E-state index in [1.54, 1.807) is 12.1 Å². The van der Waals surface area contributed by atoms with E-state index in [1.807, 2.05) is 42.2 Å². The number of carbonyl (C=O) groups is 1. The van der Waals surface area contributed by atoms with E-state index in [4.69, 9.17) is 21.1 Å². The van der Waals surface area contributed by atoms with Gasteiger partial charge in [-0.05, 0) is 49.9 Å². The zero-order valence-corrected chi connectivity index (χ0v) is 17.2. The Bertz CT molecular complexity index is 804. The van der Waals surface area contributed by atoms with Crippen molar-refractivity contribution in [2.45, 2.75) is 20.5 Å². The molecule has 0 radical (unpaired) electrons. The average Bonchev–Trinajstić information content (AvgIpc) is 2.73. The van der Waals surface area contributed by atoms with Crippen molar-refractivity contribution in [3.8, 4) is 11.5 Å². The third kappa shape index (κ3) is 5.18. The Morgan fingerprint density at radius 2 is 1.82 bits per heavy atom. The molecule has 0 aliphatic carbocycles. The monoisotopic (exact) mass is 402 g/mol. The maximum atomic E-state index is 12.9. The molecule has 0 spiro atoms. The lowest BCUT2D eigenvalue weighted by Crippen LogP contribution is -2.48. The molecule has 1 aliphatic rings. The number of likely N-dealkylation sites (N-methyl/N-ethyl adjacent to an activating group) is 1. The van der Waals surface area contributed by atoms with Crippen molar-refractivity contribution in [3.05, 3.63) is 58.6 Å². The van der Waals surface area contributed by atoms with Gasteiger partial charge in [-0.3, -0.25) is 4.79 Å². The van der Waals surface area contributed by atoms with Crippen LogP contribution in [0, 0.1) is 0 Å². The van der Waals surface area contributed by atoms with E-state index in [0.717, 1.165) is 44.0 Å². The van der Waals surface area contributed by atoms with Gasteiger partial charge in [-0.15, -0.1) is 0 Å². The minimum atomic E-state index is 0.0582. The summed E-state index contributed by atoms with van der Waals surface area (Å²) < 4.78 is 11.6. The second-order valence-electron chi connectivity index (χ2n) is 6.73. The van der Waals surface area contributed by atoms with E-state index >= 15 is 0 Å². The summed E-state index contributed by atoms with van der Waals surface area (Å²) in [6.07, 6.45) is 0. The first-order chi connectivity index (χ1) is 13.6. The topological polar surface area (TPSA) is 42.0 Å². The summed E-state index contributed by atoms with van der Waals surface area (Å²) in [5.41, 5.74) is 1.51. The van der Waals surface area contributed by atoms with E-state index in [1.165, 1.54) is 0 Å². The number of benzene rings is 2. The van der Waals surface area contributed by atoms with E-state index in [2.05, 4.69) is 11.8 Å². The summed E-state index contributed by atoms with van der Waals surface area (Å²) in [6, 6.07) is 12.8. The molecule has 1 fully saturated rings. The van der Waals surface area contributed by atoms with Gasteiger partial charge in [-0.2, -0.15) is 0 Å². The van der Waals surface area contributed by atoms with Gasteiger partial charge in [-0.1, -0.05) is 24.6 Å². The van der Waals surface area contributed by atoms with Crippen LogP contribution in [0.4, 0.5) is 0 Å². The first-order valence-corrected chi connectivity index (χ1v) is 10.1. The molecule has 0 N–H and O–H groups in total. The van der Waals surface area contributed by atoms with Crippen molar-refractivity contribution in [2.75, 3.05) is 39.3 Å². The summed E-state index contributed by atoms with van der Waals surface area (Å²) >= 11 is 6.02. The number of carbonyl (C=O) groups excluding carboxylic acids is 1. The molecule has 1 amide bonds. The number of amides is 1. The van der Waals surface area contributed by atoms with Gasteiger partial charge in [-0.25, -0.2) is 0 Å². The lowest BCUT2D eigenvalue weighted by Gasteiger charge is -2.34. The highest BCUT2D eigenvalue weighted by Gasteiger charge is 2.22. The standard InChI is InChI=1S/C22H27ClN2O3/c1-3-24-10-12-25(13-11-24)22(26)17-8-9-21(27-4-2)18(14-17)16-28-20-7-5-6-19(23)15-20/h5-9,14-15H,3-4,10-13,16H2,1-2H3. The molecule has 0 bridgehead atoms. The normalized spacial score (nSPS) is 14.8. The SMILES string of the molecule is CCOc1ccc(C(=O)N2CCN(CC)CC2)cc1COc1cccc(Cl)c1. The van der Waals surface area contributed by atoms with Crippen LogP contribution in [0.15, 0.2) is 42.5 Å². The molecule has 5 nitrogen and oxygen atoms in total. The van der Waals surface area contributed by atoms with Gasteiger partial charge >= 0.3 is 0 Å². The molecule has 0 atom stereocenters. The van der Waals surface area contributed by atoms with E-state index in [9.17, 15) is 4.79 Å². The van der Waals surface area contributed by atoms with Gasteiger partial charge in [0.1, 0.15) is 18.1 Å². The number of nitrogens with zero attached hydrogens (tertiary/aromatic N) is 2. The summed E-state index contributed by atoms with van der Waals surface area (Å²) in [4.78, 5) is 17.2. The highest BCUT2D eigenvalue weighted by atomic mass is 35.5. The van der Waals surface area contributed by atoms with Crippen molar-refractivity contribution < 1.29 is 14.3 Å². The highest BCUT2D eigenvalue weighted by Crippen LogP contribution is 2.25. The Morgan fingerprint density at radius 3 is 2.50 bits per heavy atom. The first kappa shape index (κ1) is 20.5. The average molecular weight is 403 g/mol. The molecule has 0 unspecified atom stereocenters. The predicted molar refractivity (Wildman–Crippen MR) is 111 cm³/mol.